The van der Waals surface area contributed by atoms with Crippen LogP contribution in [0, 0.1) is 13.8 Å². The molecule has 0 spiro atoms. The summed E-state index contributed by atoms with van der Waals surface area (Å²) in [5, 5.41) is 2.89. The summed E-state index contributed by atoms with van der Waals surface area (Å²) in [4.78, 5) is 12.0. The third-order valence-electron chi connectivity index (χ3n) is 3.53. The summed E-state index contributed by atoms with van der Waals surface area (Å²) in [7, 11) is 0. The number of amides is 1. The van der Waals surface area contributed by atoms with Crippen molar-refractivity contribution in [1.82, 2.24) is 5.32 Å². The lowest BCUT2D eigenvalue weighted by Crippen LogP contribution is -2.40. The second-order valence-corrected chi connectivity index (χ2v) is 5.41. The van der Waals surface area contributed by atoms with Crippen molar-refractivity contribution in [2.45, 2.75) is 45.8 Å². The van der Waals surface area contributed by atoms with Crippen LogP contribution in [0.3, 0.4) is 0 Å². The molecule has 20 heavy (non-hydrogen) atoms. The number of carbonyl (C=O) groups is 1. The van der Waals surface area contributed by atoms with Crippen molar-refractivity contribution >= 4 is 5.91 Å². The zero-order valence-corrected chi connectivity index (χ0v) is 12.4. The highest BCUT2D eigenvalue weighted by atomic mass is 16.5. The fraction of sp³-hybridized carbons (Fsp3) is 0.562. The molecule has 0 radical (unpaired) electrons. The van der Waals surface area contributed by atoms with Crippen LogP contribution in [-0.2, 0) is 9.53 Å². The summed E-state index contributed by atoms with van der Waals surface area (Å²) < 4.78 is 11.2. The molecule has 0 saturated carbocycles. The van der Waals surface area contributed by atoms with E-state index in [1.807, 2.05) is 32.0 Å². The summed E-state index contributed by atoms with van der Waals surface area (Å²) >= 11 is 0. The van der Waals surface area contributed by atoms with Gasteiger partial charge in [0.2, 0.25) is 0 Å². The average molecular weight is 277 g/mol. The Balaban J connectivity index is 1.83. The van der Waals surface area contributed by atoms with Crippen LogP contribution in [0.25, 0.3) is 0 Å². The lowest BCUT2D eigenvalue weighted by molar-refractivity contribution is -0.127. The first-order valence-electron chi connectivity index (χ1n) is 7.19. The molecule has 0 bridgehead atoms. The van der Waals surface area contributed by atoms with E-state index in [9.17, 15) is 4.79 Å². The molecule has 4 heteroatoms. The van der Waals surface area contributed by atoms with E-state index >= 15 is 0 Å². The number of carbonyl (C=O) groups excluding carboxylic acids is 1. The third-order valence-corrected chi connectivity index (χ3v) is 3.53. The second kappa shape index (κ2) is 6.75. The van der Waals surface area contributed by atoms with Crippen LogP contribution in [0.1, 0.15) is 30.9 Å². The van der Waals surface area contributed by atoms with Crippen LogP contribution in [0.15, 0.2) is 18.2 Å². The topological polar surface area (TPSA) is 47.6 Å². The van der Waals surface area contributed by atoms with Crippen LogP contribution in [0.2, 0.25) is 0 Å². The number of aryl methyl sites for hydroxylation is 2. The minimum Gasteiger partial charge on any atom is -0.481 e. The number of ether oxygens (including phenoxy) is 2. The third kappa shape index (κ3) is 3.97. The normalized spacial score (nSPS) is 19.6. The molecule has 2 unspecified atom stereocenters. The van der Waals surface area contributed by atoms with Gasteiger partial charge in [0.25, 0.3) is 5.91 Å². The second-order valence-electron chi connectivity index (χ2n) is 5.41. The van der Waals surface area contributed by atoms with Crippen LogP contribution in [-0.4, -0.2) is 31.3 Å². The van der Waals surface area contributed by atoms with Crippen LogP contribution < -0.4 is 10.1 Å². The van der Waals surface area contributed by atoms with E-state index in [0.29, 0.717) is 6.54 Å². The summed E-state index contributed by atoms with van der Waals surface area (Å²) in [5.41, 5.74) is 2.23. The minimum absolute atomic E-state index is 0.0968. The molecule has 1 saturated heterocycles. The molecule has 1 amide bonds. The highest BCUT2D eigenvalue weighted by Crippen LogP contribution is 2.20. The molecule has 1 fully saturated rings. The van der Waals surface area contributed by atoms with Crippen molar-refractivity contribution in [2.24, 2.45) is 0 Å². The largest absolute Gasteiger partial charge is 0.481 e. The van der Waals surface area contributed by atoms with Gasteiger partial charge in [-0.3, -0.25) is 4.79 Å². The first-order chi connectivity index (χ1) is 9.56. The van der Waals surface area contributed by atoms with Gasteiger partial charge in [-0.15, -0.1) is 0 Å². The van der Waals surface area contributed by atoms with E-state index in [1.54, 1.807) is 6.92 Å². The van der Waals surface area contributed by atoms with E-state index in [-0.39, 0.29) is 12.0 Å². The lowest BCUT2D eigenvalue weighted by Gasteiger charge is -2.18. The van der Waals surface area contributed by atoms with Gasteiger partial charge in [-0.05, 0) is 45.2 Å². The van der Waals surface area contributed by atoms with Crippen molar-refractivity contribution in [3.05, 3.63) is 29.3 Å². The van der Waals surface area contributed by atoms with Gasteiger partial charge in [0.1, 0.15) is 5.75 Å². The molecule has 1 aromatic rings. The van der Waals surface area contributed by atoms with Gasteiger partial charge in [-0.25, -0.2) is 0 Å². The van der Waals surface area contributed by atoms with Crippen molar-refractivity contribution < 1.29 is 14.3 Å². The molecule has 2 rings (SSSR count). The van der Waals surface area contributed by atoms with Crippen molar-refractivity contribution in [3.63, 3.8) is 0 Å². The molecule has 4 nitrogen and oxygen atoms in total. The standard InChI is InChI=1S/C16H23NO3/c1-11-6-7-15(12(2)9-11)20-13(3)16(18)17-10-14-5-4-8-19-14/h6-7,9,13-14H,4-5,8,10H2,1-3H3,(H,17,18). The highest BCUT2D eigenvalue weighted by Gasteiger charge is 2.19. The smallest absolute Gasteiger partial charge is 0.260 e. The number of hydrogen-bond donors (Lipinski definition) is 1. The summed E-state index contributed by atoms with van der Waals surface area (Å²) in [5.74, 6) is 0.663. The number of rotatable bonds is 5. The Morgan fingerprint density at radius 1 is 1.50 bits per heavy atom. The van der Waals surface area contributed by atoms with Crippen LogP contribution in [0.5, 0.6) is 5.75 Å². The minimum atomic E-state index is -0.502. The first kappa shape index (κ1) is 14.9. The van der Waals surface area contributed by atoms with Crippen molar-refractivity contribution in [3.8, 4) is 5.75 Å². The number of nitrogens with one attached hydrogen (secondary N) is 1. The molecule has 1 heterocycles. The van der Waals surface area contributed by atoms with Gasteiger partial charge >= 0.3 is 0 Å². The summed E-state index contributed by atoms with van der Waals surface area (Å²) in [6.07, 6.45) is 1.76. The Morgan fingerprint density at radius 3 is 2.95 bits per heavy atom. The molecule has 1 aromatic carbocycles. The van der Waals surface area contributed by atoms with Gasteiger partial charge in [0.15, 0.2) is 6.10 Å². The Bertz CT molecular complexity index is 467. The van der Waals surface area contributed by atoms with E-state index in [2.05, 4.69) is 5.32 Å². The lowest BCUT2D eigenvalue weighted by atomic mass is 10.1. The van der Waals surface area contributed by atoms with Gasteiger partial charge in [0.05, 0.1) is 6.10 Å². The van der Waals surface area contributed by atoms with Crippen molar-refractivity contribution in [2.75, 3.05) is 13.2 Å². The fourth-order valence-electron chi connectivity index (χ4n) is 2.34. The van der Waals surface area contributed by atoms with Gasteiger partial charge in [-0.2, -0.15) is 0 Å². The Labute approximate surface area is 120 Å². The van der Waals surface area contributed by atoms with E-state index in [4.69, 9.17) is 9.47 Å². The maximum Gasteiger partial charge on any atom is 0.260 e. The number of hydrogen-bond acceptors (Lipinski definition) is 3. The van der Waals surface area contributed by atoms with E-state index in [1.165, 1.54) is 5.56 Å². The molecule has 2 atom stereocenters. The van der Waals surface area contributed by atoms with E-state index < -0.39 is 6.10 Å². The Hall–Kier alpha value is -1.55. The zero-order valence-electron chi connectivity index (χ0n) is 12.4. The fourth-order valence-corrected chi connectivity index (χ4v) is 2.34. The Kier molecular flexibility index (Phi) is 5.01. The summed E-state index contributed by atoms with van der Waals surface area (Å²) in [6.45, 7) is 7.16. The molecule has 0 aromatic heterocycles. The number of benzene rings is 1. The van der Waals surface area contributed by atoms with Gasteiger partial charge in [-0.1, -0.05) is 17.7 Å². The maximum absolute atomic E-state index is 12.0. The summed E-state index contributed by atoms with van der Waals surface area (Å²) in [6, 6.07) is 5.94. The molecular weight excluding hydrogens is 254 g/mol. The van der Waals surface area contributed by atoms with Crippen LogP contribution in [0.4, 0.5) is 0 Å². The molecule has 1 aliphatic heterocycles. The van der Waals surface area contributed by atoms with Crippen molar-refractivity contribution in [1.29, 1.82) is 0 Å². The quantitative estimate of drug-likeness (QED) is 0.899. The monoisotopic (exact) mass is 277 g/mol. The SMILES string of the molecule is Cc1ccc(OC(C)C(=O)NCC2CCCO2)c(C)c1. The highest BCUT2D eigenvalue weighted by molar-refractivity contribution is 5.80. The average Bonchev–Trinajstić information content (AvgIpc) is 2.92. The Morgan fingerprint density at radius 2 is 2.30 bits per heavy atom. The molecule has 110 valence electrons. The predicted molar refractivity (Wildman–Crippen MR) is 78.0 cm³/mol. The molecule has 1 aliphatic rings. The molecule has 0 aliphatic carbocycles. The van der Waals surface area contributed by atoms with Gasteiger partial charge in [0, 0.05) is 13.2 Å². The molecule has 1 N–H and O–H groups in total. The van der Waals surface area contributed by atoms with E-state index in [0.717, 1.165) is 30.8 Å². The molecular formula is C16H23NO3. The first-order valence-corrected chi connectivity index (χ1v) is 7.19. The predicted octanol–water partition coefficient (Wildman–Crippen LogP) is 2.37. The van der Waals surface area contributed by atoms with Crippen LogP contribution >= 0.6 is 0 Å². The van der Waals surface area contributed by atoms with Gasteiger partial charge < -0.3 is 14.8 Å². The zero-order chi connectivity index (χ0) is 14.5. The maximum atomic E-state index is 12.0.